The van der Waals surface area contributed by atoms with Crippen LogP contribution in [0.4, 0.5) is 0 Å². The minimum atomic E-state index is -0.828. The molecule has 8 N–H and O–H groups in total. The summed E-state index contributed by atoms with van der Waals surface area (Å²) < 4.78 is 0. The first kappa shape index (κ1) is 21.6. The summed E-state index contributed by atoms with van der Waals surface area (Å²) in [4.78, 5) is 1.93. The molecule has 0 amide bonds. The van der Waals surface area contributed by atoms with Crippen molar-refractivity contribution in [3.8, 4) is 0 Å². The Labute approximate surface area is 131 Å². The third-order valence-electron chi connectivity index (χ3n) is 3.07. The molecule has 3 atom stereocenters. The van der Waals surface area contributed by atoms with Crippen LogP contribution in [0.3, 0.4) is 0 Å². The van der Waals surface area contributed by atoms with Gasteiger partial charge in [-0.15, -0.1) is 0 Å². The van der Waals surface area contributed by atoms with Crippen molar-refractivity contribution in [3.05, 3.63) is 0 Å². The van der Waals surface area contributed by atoms with Crippen LogP contribution in [0, 0.1) is 0 Å². The van der Waals surface area contributed by atoms with Crippen LogP contribution in [0.15, 0.2) is 0 Å². The zero-order chi connectivity index (χ0) is 16.8. The van der Waals surface area contributed by atoms with E-state index in [1.54, 1.807) is 0 Å². The molecule has 9 heteroatoms. The van der Waals surface area contributed by atoms with E-state index in [-0.39, 0.29) is 32.9 Å². The highest BCUT2D eigenvalue weighted by Crippen LogP contribution is 1.92. The summed E-state index contributed by atoms with van der Waals surface area (Å²) in [6.45, 7) is 2.30. The van der Waals surface area contributed by atoms with Gasteiger partial charge in [-0.05, 0) is 0 Å². The molecule has 0 saturated heterocycles. The van der Waals surface area contributed by atoms with Gasteiger partial charge < -0.3 is 41.3 Å². The molecule has 3 unspecified atom stereocenters. The smallest absolute Gasteiger partial charge is 0.0897 e. The van der Waals surface area contributed by atoms with Crippen molar-refractivity contribution in [2.75, 3.05) is 65.6 Å². The maximum atomic E-state index is 9.52. The fourth-order valence-electron chi connectivity index (χ4n) is 1.79. The van der Waals surface area contributed by atoms with Crippen LogP contribution in [0.2, 0.25) is 0 Å². The van der Waals surface area contributed by atoms with Gasteiger partial charge in [-0.2, -0.15) is 0 Å². The quantitative estimate of drug-likeness (QED) is 0.139. The van der Waals surface area contributed by atoms with Crippen LogP contribution in [0.5, 0.6) is 0 Å². The highest BCUT2D eigenvalue weighted by atomic mass is 16.3. The molecular weight excluding hydrogens is 294 g/mol. The summed E-state index contributed by atoms with van der Waals surface area (Å²) in [6.07, 6.45) is -2.41. The van der Waals surface area contributed by atoms with Crippen LogP contribution < -0.4 is 10.6 Å². The van der Waals surface area contributed by atoms with Gasteiger partial charge in [0.2, 0.25) is 0 Å². The molecule has 0 aliphatic carbocycles. The van der Waals surface area contributed by atoms with Gasteiger partial charge in [-0.3, -0.25) is 4.90 Å². The summed E-state index contributed by atoms with van der Waals surface area (Å²) in [5.41, 5.74) is 0. The highest BCUT2D eigenvalue weighted by Gasteiger charge is 2.11. The normalized spacial score (nSPS) is 16.0. The van der Waals surface area contributed by atoms with Crippen LogP contribution in [-0.4, -0.2) is 119 Å². The largest absolute Gasteiger partial charge is 0.394 e. The summed E-state index contributed by atoms with van der Waals surface area (Å²) >= 11 is 0. The van der Waals surface area contributed by atoms with Crippen molar-refractivity contribution in [1.29, 1.82) is 0 Å². The first-order valence-corrected chi connectivity index (χ1v) is 7.54. The molecule has 0 aliphatic heterocycles. The van der Waals surface area contributed by atoms with Gasteiger partial charge >= 0.3 is 0 Å². The number of rotatable bonds is 15. The number of hydrogen-bond donors (Lipinski definition) is 8. The SMILES string of the molecule is OCC(O)CNCCN(CCNCC(O)CO)CC(O)CO. The molecule has 0 radical (unpaired) electrons. The molecule has 9 nitrogen and oxygen atoms in total. The third kappa shape index (κ3) is 12.2. The van der Waals surface area contributed by atoms with Crippen molar-refractivity contribution in [3.63, 3.8) is 0 Å². The Kier molecular flexibility index (Phi) is 14.0. The fourth-order valence-corrected chi connectivity index (χ4v) is 1.79. The summed E-state index contributed by atoms with van der Waals surface area (Å²) in [7, 11) is 0. The highest BCUT2D eigenvalue weighted by molar-refractivity contribution is 4.68. The predicted molar refractivity (Wildman–Crippen MR) is 81.5 cm³/mol. The molecule has 22 heavy (non-hydrogen) atoms. The van der Waals surface area contributed by atoms with Gasteiger partial charge in [-0.1, -0.05) is 0 Å². The minimum Gasteiger partial charge on any atom is -0.394 e. The second kappa shape index (κ2) is 14.2. The average Bonchev–Trinajstić information content (AvgIpc) is 2.53. The maximum absolute atomic E-state index is 9.52. The van der Waals surface area contributed by atoms with E-state index in [4.69, 9.17) is 15.3 Å². The molecule has 0 aromatic rings. The summed E-state index contributed by atoms with van der Waals surface area (Å²) in [5.74, 6) is 0. The Balaban J connectivity index is 3.94. The zero-order valence-corrected chi connectivity index (χ0v) is 12.9. The number of nitrogens with one attached hydrogen (secondary N) is 2. The van der Waals surface area contributed by atoms with E-state index in [1.165, 1.54) is 0 Å². The van der Waals surface area contributed by atoms with Crippen LogP contribution in [0.25, 0.3) is 0 Å². The predicted octanol–water partition coefficient (Wildman–Crippen LogP) is -4.47. The lowest BCUT2D eigenvalue weighted by Gasteiger charge is -2.25. The lowest BCUT2D eigenvalue weighted by molar-refractivity contribution is 0.0576. The van der Waals surface area contributed by atoms with E-state index in [9.17, 15) is 15.3 Å². The van der Waals surface area contributed by atoms with Crippen LogP contribution in [0.1, 0.15) is 0 Å². The molecule has 0 aliphatic rings. The van der Waals surface area contributed by atoms with Crippen LogP contribution >= 0.6 is 0 Å². The van der Waals surface area contributed by atoms with E-state index in [2.05, 4.69) is 10.6 Å². The molecule has 0 rings (SSSR count). The number of aliphatic hydroxyl groups is 6. The van der Waals surface area contributed by atoms with Gasteiger partial charge in [0.05, 0.1) is 38.1 Å². The van der Waals surface area contributed by atoms with Gasteiger partial charge in [0, 0.05) is 45.8 Å². The Bertz CT molecular complexity index is 232. The Morgan fingerprint density at radius 1 is 0.682 bits per heavy atom. The first-order chi connectivity index (χ1) is 10.5. The van der Waals surface area contributed by atoms with E-state index >= 15 is 0 Å². The Hall–Kier alpha value is -0.360. The third-order valence-corrected chi connectivity index (χ3v) is 3.07. The Morgan fingerprint density at radius 2 is 1.09 bits per heavy atom. The number of aliphatic hydroxyl groups excluding tert-OH is 6. The Morgan fingerprint density at radius 3 is 1.45 bits per heavy atom. The monoisotopic (exact) mass is 325 g/mol. The minimum absolute atomic E-state index is 0.286. The number of hydrogen-bond acceptors (Lipinski definition) is 9. The average molecular weight is 325 g/mol. The van der Waals surface area contributed by atoms with Crippen molar-refractivity contribution in [2.24, 2.45) is 0 Å². The maximum Gasteiger partial charge on any atom is 0.0897 e. The standard InChI is InChI=1S/C13H31N3O6/c17-8-11(20)5-14-1-3-16(7-13(22)10-19)4-2-15-6-12(21)9-18/h11-15,17-22H,1-10H2. The lowest BCUT2D eigenvalue weighted by Crippen LogP contribution is -2.43. The molecule has 0 aromatic carbocycles. The van der Waals surface area contributed by atoms with Crippen molar-refractivity contribution in [1.82, 2.24) is 15.5 Å². The molecule has 0 fully saturated rings. The molecule has 0 aromatic heterocycles. The van der Waals surface area contributed by atoms with E-state index < -0.39 is 18.3 Å². The van der Waals surface area contributed by atoms with Crippen LogP contribution in [-0.2, 0) is 0 Å². The topological polar surface area (TPSA) is 149 Å². The second-order valence-electron chi connectivity index (χ2n) is 5.22. The molecule has 0 bridgehead atoms. The van der Waals surface area contributed by atoms with Gasteiger partial charge in [0.15, 0.2) is 0 Å². The molecule has 134 valence electrons. The molecule has 0 saturated carbocycles. The van der Waals surface area contributed by atoms with E-state index in [1.807, 2.05) is 4.90 Å². The van der Waals surface area contributed by atoms with Crippen molar-refractivity contribution in [2.45, 2.75) is 18.3 Å². The fraction of sp³-hybridized carbons (Fsp3) is 1.00. The van der Waals surface area contributed by atoms with E-state index in [0.29, 0.717) is 32.7 Å². The van der Waals surface area contributed by atoms with Crippen molar-refractivity contribution < 1.29 is 30.6 Å². The van der Waals surface area contributed by atoms with Gasteiger partial charge in [-0.25, -0.2) is 0 Å². The van der Waals surface area contributed by atoms with Gasteiger partial charge in [0.1, 0.15) is 0 Å². The molecule has 0 spiro atoms. The lowest BCUT2D eigenvalue weighted by atomic mass is 10.3. The van der Waals surface area contributed by atoms with Gasteiger partial charge in [0.25, 0.3) is 0 Å². The van der Waals surface area contributed by atoms with E-state index in [0.717, 1.165) is 0 Å². The molecule has 0 heterocycles. The molecular formula is C13H31N3O6. The zero-order valence-electron chi connectivity index (χ0n) is 12.9. The number of nitrogens with zero attached hydrogens (tertiary/aromatic N) is 1. The first-order valence-electron chi connectivity index (χ1n) is 7.54. The van der Waals surface area contributed by atoms with Crippen molar-refractivity contribution >= 4 is 0 Å². The second-order valence-corrected chi connectivity index (χ2v) is 5.22. The summed E-state index contributed by atoms with van der Waals surface area (Å²) in [5, 5.41) is 60.2. The summed E-state index contributed by atoms with van der Waals surface area (Å²) in [6, 6.07) is 0.